The van der Waals surface area contributed by atoms with Gasteiger partial charge in [0.1, 0.15) is 0 Å². The van der Waals surface area contributed by atoms with Crippen molar-refractivity contribution >= 4 is 54.2 Å². The van der Waals surface area contributed by atoms with E-state index in [9.17, 15) is 0 Å². The van der Waals surface area contributed by atoms with Crippen LogP contribution in [0.2, 0.25) is 0 Å². The SMILES string of the molecule is C1=CC2C(c3ccccc3)=c3ccccc3=C(c3ccc(-c4cc(-c5ccc(-c6c7ccccc7c(-c7ccccc7)c7ccccc67)cc5)cc(-c5ccc(-c6c7ccccc7c(-c7ccccc7)c7ccccc67)cc5)c4)cc3)C2C=C1. The molecule has 0 aromatic heterocycles. The van der Waals surface area contributed by atoms with Crippen molar-refractivity contribution in [2.75, 3.05) is 0 Å². The lowest BCUT2D eigenvalue weighted by atomic mass is 9.70. The molecule has 16 rings (SSSR count). The first kappa shape index (κ1) is 49.2. The molecule has 14 aromatic rings. The van der Waals surface area contributed by atoms with Gasteiger partial charge >= 0.3 is 0 Å². The Morgan fingerprint density at radius 2 is 0.381 bits per heavy atom. The molecule has 0 heteroatoms. The highest BCUT2D eigenvalue weighted by atomic mass is 14.3. The van der Waals surface area contributed by atoms with Gasteiger partial charge in [-0.1, -0.05) is 309 Å². The fraction of sp³-hybridized carbons (Fsp3) is 0.0238. The van der Waals surface area contributed by atoms with Gasteiger partial charge in [0.15, 0.2) is 0 Å². The van der Waals surface area contributed by atoms with Gasteiger partial charge in [0.05, 0.1) is 0 Å². The largest absolute Gasteiger partial charge is 0.0760 e. The van der Waals surface area contributed by atoms with Gasteiger partial charge in [-0.15, -0.1) is 0 Å². The number of hydrogen-bond acceptors (Lipinski definition) is 0. The summed E-state index contributed by atoms with van der Waals surface area (Å²) in [4.78, 5) is 0. The molecular weight excluding hydrogens is 1010 g/mol. The van der Waals surface area contributed by atoms with Gasteiger partial charge in [0.25, 0.3) is 0 Å². The molecule has 84 heavy (non-hydrogen) atoms. The minimum Gasteiger partial charge on any atom is -0.0760 e. The van der Waals surface area contributed by atoms with Crippen molar-refractivity contribution in [2.24, 2.45) is 11.8 Å². The molecule has 0 fully saturated rings. The Morgan fingerprint density at radius 1 is 0.167 bits per heavy atom. The highest BCUT2D eigenvalue weighted by Gasteiger charge is 2.32. The summed E-state index contributed by atoms with van der Waals surface area (Å²) < 4.78 is 0. The van der Waals surface area contributed by atoms with Crippen LogP contribution in [0.15, 0.2) is 328 Å². The Labute approximate surface area is 490 Å². The van der Waals surface area contributed by atoms with Crippen molar-refractivity contribution in [3.05, 3.63) is 349 Å². The predicted octanol–water partition coefficient (Wildman–Crippen LogP) is 20.7. The highest BCUT2D eigenvalue weighted by Crippen LogP contribution is 2.47. The van der Waals surface area contributed by atoms with Crippen LogP contribution in [0.25, 0.3) is 132 Å². The zero-order valence-electron chi connectivity index (χ0n) is 46.3. The summed E-state index contributed by atoms with van der Waals surface area (Å²) in [5.41, 5.74) is 22.3. The molecule has 0 saturated heterocycles. The second kappa shape index (κ2) is 20.7. The zero-order valence-corrected chi connectivity index (χ0v) is 46.3. The van der Waals surface area contributed by atoms with E-state index in [-0.39, 0.29) is 11.8 Å². The van der Waals surface area contributed by atoms with Crippen molar-refractivity contribution in [2.45, 2.75) is 0 Å². The van der Waals surface area contributed by atoms with Gasteiger partial charge in [-0.3, -0.25) is 0 Å². The maximum Gasteiger partial charge on any atom is 0.0137 e. The predicted molar refractivity (Wildman–Crippen MR) is 357 cm³/mol. The van der Waals surface area contributed by atoms with E-state index in [0.29, 0.717) is 0 Å². The summed E-state index contributed by atoms with van der Waals surface area (Å²) in [7, 11) is 0. The van der Waals surface area contributed by atoms with E-state index in [0.717, 1.165) is 0 Å². The molecule has 0 N–H and O–H groups in total. The molecule has 2 aliphatic carbocycles. The van der Waals surface area contributed by atoms with Gasteiger partial charge in [-0.05, 0) is 172 Å². The van der Waals surface area contributed by atoms with Crippen molar-refractivity contribution in [1.82, 2.24) is 0 Å². The fourth-order valence-electron chi connectivity index (χ4n) is 14.1. The van der Waals surface area contributed by atoms with E-state index in [2.05, 4.69) is 328 Å². The molecule has 2 unspecified atom stereocenters. The molecule has 0 bridgehead atoms. The van der Waals surface area contributed by atoms with E-state index in [1.807, 2.05) is 0 Å². The molecule has 0 nitrogen and oxygen atoms in total. The molecule has 0 heterocycles. The third kappa shape index (κ3) is 8.37. The number of fused-ring (bicyclic) bond motifs is 6. The highest BCUT2D eigenvalue weighted by molar-refractivity contribution is 6.23. The monoisotopic (exact) mass is 1060 g/mol. The van der Waals surface area contributed by atoms with E-state index in [1.165, 1.54) is 154 Å². The number of rotatable bonds is 9. The number of hydrogen-bond donors (Lipinski definition) is 0. The minimum absolute atomic E-state index is 0.211. The topological polar surface area (TPSA) is 0 Å². The van der Waals surface area contributed by atoms with Crippen LogP contribution in [0.4, 0.5) is 0 Å². The Morgan fingerprint density at radius 3 is 0.679 bits per heavy atom. The Hall–Kier alpha value is -10.7. The lowest BCUT2D eigenvalue weighted by molar-refractivity contribution is 0.686. The van der Waals surface area contributed by atoms with Crippen LogP contribution in [0.3, 0.4) is 0 Å². The van der Waals surface area contributed by atoms with Crippen molar-refractivity contribution in [3.63, 3.8) is 0 Å². The molecular formula is C84H56. The van der Waals surface area contributed by atoms with Crippen LogP contribution in [0.5, 0.6) is 0 Å². The Kier molecular flexibility index (Phi) is 12.1. The third-order valence-corrected chi connectivity index (χ3v) is 17.9. The molecule has 0 radical (unpaired) electrons. The fourth-order valence-corrected chi connectivity index (χ4v) is 14.1. The zero-order chi connectivity index (χ0) is 55.5. The lowest BCUT2D eigenvalue weighted by Crippen LogP contribution is -2.40. The molecule has 0 aliphatic heterocycles. The van der Waals surface area contributed by atoms with Gasteiger partial charge in [-0.2, -0.15) is 0 Å². The molecule has 0 amide bonds. The van der Waals surface area contributed by atoms with Crippen LogP contribution in [0, 0.1) is 11.8 Å². The third-order valence-electron chi connectivity index (χ3n) is 17.9. The maximum absolute atomic E-state index is 2.41. The van der Waals surface area contributed by atoms with Gasteiger partial charge < -0.3 is 0 Å². The number of allylic oxidation sites excluding steroid dienone is 4. The molecule has 0 saturated carbocycles. The van der Waals surface area contributed by atoms with Crippen LogP contribution < -0.4 is 10.4 Å². The summed E-state index contributed by atoms with van der Waals surface area (Å²) >= 11 is 0. The molecule has 0 spiro atoms. The van der Waals surface area contributed by atoms with Crippen LogP contribution in [-0.4, -0.2) is 0 Å². The standard InChI is InChI=1S/C84H56/c1-4-22-58(23-5-1)79-67-28-10-16-34-73(67)82(74-35-17-11-29-68(74)79)61-46-40-55(41-47-61)64-52-65(56-42-48-62(49-43-56)83-75-36-18-12-30-69(75)80(59-24-6-2-7-25-59)70-31-13-19-37-76(70)83)54-66(53-64)57-44-50-63(51-45-57)84-77-38-20-14-32-71(77)81(60-26-8-3-9-27-60)72-33-15-21-39-78(72)84/h1-54,67,73H. The van der Waals surface area contributed by atoms with E-state index >= 15 is 0 Å². The van der Waals surface area contributed by atoms with E-state index in [4.69, 9.17) is 0 Å². The first-order valence-corrected chi connectivity index (χ1v) is 29.4. The van der Waals surface area contributed by atoms with E-state index in [1.54, 1.807) is 0 Å². The molecule has 392 valence electrons. The van der Waals surface area contributed by atoms with Crippen LogP contribution in [0.1, 0.15) is 11.1 Å². The summed E-state index contributed by atoms with van der Waals surface area (Å²) in [6.45, 7) is 0. The lowest BCUT2D eigenvalue weighted by Gasteiger charge is -2.33. The normalized spacial score (nSPS) is 14.5. The van der Waals surface area contributed by atoms with Gasteiger partial charge in [0.2, 0.25) is 0 Å². The summed E-state index contributed by atoms with van der Waals surface area (Å²) in [5, 5.41) is 12.7. The van der Waals surface area contributed by atoms with Crippen LogP contribution >= 0.6 is 0 Å². The van der Waals surface area contributed by atoms with Gasteiger partial charge in [0, 0.05) is 11.8 Å². The smallest absolute Gasteiger partial charge is 0.0137 e. The summed E-state index contributed by atoms with van der Waals surface area (Å²) in [6.07, 6.45) is 9.27. The van der Waals surface area contributed by atoms with Gasteiger partial charge in [-0.25, -0.2) is 0 Å². The second-order valence-corrected chi connectivity index (χ2v) is 22.5. The summed E-state index contributed by atoms with van der Waals surface area (Å²) in [6, 6.07) is 113. The van der Waals surface area contributed by atoms with Crippen molar-refractivity contribution < 1.29 is 0 Å². The maximum atomic E-state index is 2.41. The quantitative estimate of drug-likeness (QED) is 0.126. The van der Waals surface area contributed by atoms with E-state index < -0.39 is 0 Å². The average Bonchev–Trinajstić information content (AvgIpc) is 2.12. The Bertz CT molecular complexity index is 4730. The second-order valence-electron chi connectivity index (χ2n) is 22.5. The van der Waals surface area contributed by atoms with Crippen molar-refractivity contribution in [1.29, 1.82) is 0 Å². The Balaban J connectivity index is 0.837. The first-order chi connectivity index (χ1) is 41.7. The number of benzene rings is 14. The molecule has 2 aliphatic rings. The van der Waals surface area contributed by atoms with Crippen molar-refractivity contribution in [3.8, 4) is 77.9 Å². The molecule has 2 atom stereocenters. The summed E-state index contributed by atoms with van der Waals surface area (Å²) in [5.74, 6) is 0.443. The molecule has 14 aromatic carbocycles. The van der Waals surface area contributed by atoms with Crippen LogP contribution in [-0.2, 0) is 0 Å². The average molecular weight is 1070 g/mol. The first-order valence-electron chi connectivity index (χ1n) is 29.4. The minimum atomic E-state index is 0.211.